The average Bonchev–Trinajstić information content (AvgIpc) is 3.35. The summed E-state index contributed by atoms with van der Waals surface area (Å²) in [6.07, 6.45) is 7.19. The number of benzene rings is 1. The second kappa shape index (κ2) is 5.07. The predicted molar refractivity (Wildman–Crippen MR) is 84.1 cm³/mol. The smallest absolute Gasteiger partial charge is 0.0397 e. The van der Waals surface area contributed by atoms with Crippen molar-refractivity contribution in [2.45, 2.75) is 38.6 Å². The summed E-state index contributed by atoms with van der Waals surface area (Å²) in [5.41, 5.74) is 4.43. The van der Waals surface area contributed by atoms with Gasteiger partial charge in [-0.15, -0.1) is 0 Å². The van der Waals surface area contributed by atoms with Gasteiger partial charge in [0, 0.05) is 25.8 Å². The Morgan fingerprint density at radius 1 is 1.20 bits per heavy atom. The highest BCUT2D eigenvalue weighted by atomic mass is 15.1. The summed E-state index contributed by atoms with van der Waals surface area (Å²) < 4.78 is 0. The van der Waals surface area contributed by atoms with E-state index in [0.717, 1.165) is 24.3 Å². The summed E-state index contributed by atoms with van der Waals surface area (Å²) in [6, 6.07) is 7.02. The minimum Gasteiger partial charge on any atom is -0.374 e. The zero-order valence-corrected chi connectivity index (χ0v) is 12.6. The third-order valence-corrected chi connectivity index (χ3v) is 5.44. The van der Waals surface area contributed by atoms with Crippen LogP contribution in [0.4, 0.5) is 5.69 Å². The van der Waals surface area contributed by atoms with Crippen molar-refractivity contribution in [3.05, 3.63) is 29.3 Å². The van der Waals surface area contributed by atoms with Gasteiger partial charge >= 0.3 is 0 Å². The molecule has 1 aromatic carbocycles. The molecule has 2 nitrogen and oxygen atoms in total. The van der Waals surface area contributed by atoms with Crippen molar-refractivity contribution in [2.24, 2.45) is 17.8 Å². The topological polar surface area (TPSA) is 15.3 Å². The quantitative estimate of drug-likeness (QED) is 0.854. The standard InChI is InChI=1S/C18H26N2/c1-20-9-8-16-10-13(2-7-18(16)20)11-19-12-17(14-3-4-14)15-5-6-15/h2,7,10,14-15,17,19H,3-6,8-9,11-12H2,1H3. The van der Waals surface area contributed by atoms with Gasteiger partial charge in [0.15, 0.2) is 0 Å². The van der Waals surface area contributed by atoms with Crippen LogP contribution >= 0.6 is 0 Å². The molecule has 0 unspecified atom stereocenters. The molecule has 0 aromatic heterocycles. The number of nitrogens with zero attached hydrogens (tertiary/aromatic N) is 1. The molecule has 2 aliphatic carbocycles. The van der Waals surface area contributed by atoms with Crippen LogP contribution in [0.1, 0.15) is 36.8 Å². The van der Waals surface area contributed by atoms with Crippen LogP contribution in [0.3, 0.4) is 0 Å². The molecule has 2 saturated carbocycles. The van der Waals surface area contributed by atoms with Crippen molar-refractivity contribution in [3.8, 4) is 0 Å². The molecule has 2 fully saturated rings. The number of nitrogens with one attached hydrogen (secondary N) is 1. The zero-order valence-electron chi connectivity index (χ0n) is 12.6. The zero-order chi connectivity index (χ0) is 13.5. The first kappa shape index (κ1) is 12.7. The molecule has 0 spiro atoms. The van der Waals surface area contributed by atoms with Gasteiger partial charge in [-0.2, -0.15) is 0 Å². The lowest BCUT2D eigenvalue weighted by atomic mass is 9.98. The SMILES string of the molecule is CN1CCc2cc(CNCC(C3CC3)C3CC3)ccc21. The van der Waals surface area contributed by atoms with E-state index < -0.39 is 0 Å². The first-order valence-corrected chi connectivity index (χ1v) is 8.35. The fourth-order valence-corrected chi connectivity index (χ4v) is 3.88. The van der Waals surface area contributed by atoms with E-state index in [1.165, 1.54) is 62.0 Å². The number of fused-ring (bicyclic) bond motifs is 1. The predicted octanol–water partition coefficient (Wildman–Crippen LogP) is 3.20. The summed E-state index contributed by atoms with van der Waals surface area (Å²) in [5, 5.41) is 3.73. The maximum absolute atomic E-state index is 3.73. The monoisotopic (exact) mass is 270 g/mol. The second-order valence-electron chi connectivity index (χ2n) is 7.10. The molecule has 3 aliphatic rings. The molecular weight excluding hydrogens is 244 g/mol. The van der Waals surface area contributed by atoms with E-state index in [4.69, 9.17) is 0 Å². The summed E-state index contributed by atoms with van der Waals surface area (Å²) in [5.74, 6) is 3.10. The lowest BCUT2D eigenvalue weighted by Crippen LogP contribution is -2.25. The molecule has 0 saturated heterocycles. The minimum absolute atomic E-state index is 0.982. The van der Waals surface area contributed by atoms with Gasteiger partial charge in [0.2, 0.25) is 0 Å². The minimum atomic E-state index is 0.982. The lowest BCUT2D eigenvalue weighted by molar-refractivity contribution is 0.378. The normalized spacial score (nSPS) is 21.6. The van der Waals surface area contributed by atoms with Crippen molar-refractivity contribution in [2.75, 3.05) is 25.0 Å². The third kappa shape index (κ3) is 2.58. The van der Waals surface area contributed by atoms with Gasteiger partial charge in [0.1, 0.15) is 0 Å². The van der Waals surface area contributed by atoms with Gasteiger partial charge in [-0.1, -0.05) is 12.1 Å². The Bertz CT molecular complexity index is 476. The van der Waals surface area contributed by atoms with Crippen LogP contribution in [0.2, 0.25) is 0 Å². The van der Waals surface area contributed by atoms with E-state index in [0.29, 0.717) is 0 Å². The fraction of sp³-hybridized carbons (Fsp3) is 0.667. The first-order chi connectivity index (χ1) is 9.81. The largest absolute Gasteiger partial charge is 0.374 e. The lowest BCUT2D eigenvalue weighted by Gasteiger charge is -2.17. The Hall–Kier alpha value is -1.02. The van der Waals surface area contributed by atoms with E-state index in [-0.39, 0.29) is 0 Å². The molecule has 0 radical (unpaired) electrons. The molecule has 1 N–H and O–H groups in total. The van der Waals surface area contributed by atoms with Crippen LogP contribution in [0.25, 0.3) is 0 Å². The summed E-state index contributed by atoms with van der Waals surface area (Å²) in [4.78, 5) is 2.36. The van der Waals surface area contributed by atoms with E-state index in [1.54, 1.807) is 0 Å². The van der Waals surface area contributed by atoms with Crippen LogP contribution in [-0.4, -0.2) is 20.1 Å². The van der Waals surface area contributed by atoms with Crippen molar-refractivity contribution < 1.29 is 0 Å². The maximum atomic E-state index is 3.73. The van der Waals surface area contributed by atoms with Crippen molar-refractivity contribution in [3.63, 3.8) is 0 Å². The van der Waals surface area contributed by atoms with E-state index in [1.807, 2.05) is 0 Å². The molecule has 1 aliphatic heterocycles. The molecule has 4 rings (SSSR count). The van der Waals surface area contributed by atoms with Gasteiger partial charge in [-0.25, -0.2) is 0 Å². The van der Waals surface area contributed by atoms with Crippen LogP contribution < -0.4 is 10.2 Å². The molecule has 20 heavy (non-hydrogen) atoms. The Morgan fingerprint density at radius 3 is 2.65 bits per heavy atom. The molecule has 0 atom stereocenters. The highest BCUT2D eigenvalue weighted by Crippen LogP contribution is 2.48. The van der Waals surface area contributed by atoms with E-state index in [2.05, 4.69) is 35.5 Å². The highest BCUT2D eigenvalue weighted by molar-refractivity contribution is 5.58. The highest BCUT2D eigenvalue weighted by Gasteiger charge is 2.40. The number of rotatable bonds is 6. The van der Waals surface area contributed by atoms with Crippen LogP contribution in [-0.2, 0) is 13.0 Å². The van der Waals surface area contributed by atoms with E-state index in [9.17, 15) is 0 Å². The van der Waals surface area contributed by atoms with Gasteiger partial charge in [-0.05, 0) is 73.6 Å². The molecule has 1 aromatic rings. The summed E-state index contributed by atoms with van der Waals surface area (Å²) in [7, 11) is 2.19. The van der Waals surface area contributed by atoms with Crippen LogP contribution in [0.5, 0.6) is 0 Å². The fourth-order valence-electron chi connectivity index (χ4n) is 3.88. The molecule has 108 valence electrons. The Morgan fingerprint density at radius 2 is 1.95 bits per heavy atom. The van der Waals surface area contributed by atoms with Gasteiger partial charge in [-0.3, -0.25) is 0 Å². The Kier molecular flexibility index (Phi) is 3.22. The number of hydrogen-bond donors (Lipinski definition) is 1. The van der Waals surface area contributed by atoms with Gasteiger partial charge in [0.25, 0.3) is 0 Å². The average molecular weight is 270 g/mol. The maximum Gasteiger partial charge on any atom is 0.0397 e. The first-order valence-electron chi connectivity index (χ1n) is 8.35. The van der Waals surface area contributed by atoms with Crippen molar-refractivity contribution in [1.82, 2.24) is 5.32 Å². The third-order valence-electron chi connectivity index (χ3n) is 5.44. The second-order valence-corrected chi connectivity index (χ2v) is 7.10. The number of likely N-dealkylation sites (N-methyl/N-ethyl adjacent to an activating group) is 1. The molecule has 0 amide bonds. The number of hydrogen-bond acceptors (Lipinski definition) is 2. The van der Waals surface area contributed by atoms with Gasteiger partial charge < -0.3 is 10.2 Å². The summed E-state index contributed by atoms with van der Waals surface area (Å²) >= 11 is 0. The molecule has 2 heteroatoms. The van der Waals surface area contributed by atoms with Crippen molar-refractivity contribution in [1.29, 1.82) is 0 Å². The molecule has 0 bridgehead atoms. The Balaban J connectivity index is 1.33. The molecular formula is C18H26N2. The van der Waals surface area contributed by atoms with Crippen LogP contribution in [0, 0.1) is 17.8 Å². The Labute approximate surface area is 122 Å². The van der Waals surface area contributed by atoms with E-state index >= 15 is 0 Å². The summed E-state index contributed by atoms with van der Waals surface area (Å²) in [6.45, 7) is 3.47. The molecule has 1 heterocycles. The van der Waals surface area contributed by atoms with Crippen molar-refractivity contribution >= 4 is 5.69 Å². The number of anilines is 1. The van der Waals surface area contributed by atoms with Crippen LogP contribution in [0.15, 0.2) is 18.2 Å². The van der Waals surface area contributed by atoms with Gasteiger partial charge in [0.05, 0.1) is 0 Å².